The number of thiazole rings is 1. The lowest BCUT2D eigenvalue weighted by atomic mass is 10.1. The third kappa shape index (κ3) is 2.99. The first kappa shape index (κ1) is 14.3. The maximum atomic E-state index is 10.5. The van der Waals surface area contributed by atoms with Gasteiger partial charge in [-0.15, -0.1) is 11.3 Å². The lowest BCUT2D eigenvalue weighted by Gasteiger charge is -2.02. The summed E-state index contributed by atoms with van der Waals surface area (Å²) in [4.78, 5) is 15.2. The normalized spacial score (nSPS) is 10.2. The number of rotatable bonds is 5. The Hall–Kier alpha value is -2.66. The van der Waals surface area contributed by atoms with Crippen LogP contribution in [-0.4, -0.2) is 18.5 Å². The molecule has 3 aromatic rings. The molecular formula is C17H14N2O2S. The van der Waals surface area contributed by atoms with Crippen molar-refractivity contribution in [3.8, 4) is 27.6 Å². The van der Waals surface area contributed by atoms with E-state index in [-0.39, 0.29) is 0 Å². The fourth-order valence-electron chi connectivity index (χ4n) is 2.11. The van der Waals surface area contributed by atoms with E-state index in [0.717, 1.165) is 33.3 Å². The molecule has 1 aromatic heterocycles. The molecule has 5 heteroatoms. The number of carbonyl (C=O) groups excluding carboxylic acids is 1. The molecular weight excluding hydrogens is 296 g/mol. The van der Waals surface area contributed by atoms with Gasteiger partial charge in [0.1, 0.15) is 10.8 Å². The first-order chi connectivity index (χ1) is 10.8. The predicted molar refractivity (Wildman–Crippen MR) is 89.2 cm³/mol. The van der Waals surface area contributed by atoms with Crippen LogP contribution in [0, 0.1) is 0 Å². The van der Waals surface area contributed by atoms with Gasteiger partial charge >= 0.3 is 0 Å². The molecule has 1 amide bonds. The average molecular weight is 310 g/mol. The molecule has 1 N–H and O–H groups in total. The zero-order chi connectivity index (χ0) is 15.4. The molecule has 0 saturated heterocycles. The van der Waals surface area contributed by atoms with Gasteiger partial charge in [0.25, 0.3) is 0 Å². The topological polar surface area (TPSA) is 51.2 Å². The first-order valence-electron chi connectivity index (χ1n) is 6.71. The van der Waals surface area contributed by atoms with Crippen LogP contribution < -0.4 is 10.1 Å². The van der Waals surface area contributed by atoms with Crippen LogP contribution in [0.1, 0.15) is 0 Å². The largest absolute Gasteiger partial charge is 0.497 e. The number of aromatic nitrogens is 1. The van der Waals surface area contributed by atoms with Crippen LogP contribution in [0.25, 0.3) is 21.8 Å². The Morgan fingerprint density at radius 1 is 1.14 bits per heavy atom. The molecule has 0 atom stereocenters. The lowest BCUT2D eigenvalue weighted by molar-refractivity contribution is -0.105. The number of nitrogens with one attached hydrogen (secondary N) is 1. The van der Waals surface area contributed by atoms with Crippen molar-refractivity contribution in [3.05, 3.63) is 53.9 Å². The summed E-state index contributed by atoms with van der Waals surface area (Å²) >= 11 is 1.58. The van der Waals surface area contributed by atoms with E-state index in [9.17, 15) is 4.79 Å². The number of hydrogen-bond acceptors (Lipinski definition) is 4. The standard InChI is InChI=1S/C17H14N2O2S/c1-21-15-7-5-12(6-8-15)16-10-22-17(19-16)13-3-2-4-14(9-13)18-11-20/h2-11H,1H3,(H,18,20). The molecule has 0 bridgehead atoms. The Morgan fingerprint density at radius 2 is 1.95 bits per heavy atom. The first-order valence-corrected chi connectivity index (χ1v) is 7.58. The Bertz CT molecular complexity index is 781. The molecule has 1 heterocycles. The number of nitrogens with zero attached hydrogens (tertiary/aromatic N) is 1. The van der Waals surface area contributed by atoms with E-state index in [1.54, 1.807) is 18.4 Å². The zero-order valence-electron chi connectivity index (χ0n) is 11.9. The van der Waals surface area contributed by atoms with Crippen LogP contribution in [0.5, 0.6) is 5.75 Å². The Kier molecular flexibility index (Phi) is 4.16. The molecule has 2 aromatic carbocycles. The van der Waals surface area contributed by atoms with Crippen LogP contribution in [0.2, 0.25) is 0 Å². The molecule has 0 saturated carbocycles. The van der Waals surface area contributed by atoms with Crippen LogP contribution in [0.15, 0.2) is 53.9 Å². The van der Waals surface area contributed by atoms with Crippen molar-refractivity contribution in [1.29, 1.82) is 0 Å². The highest BCUT2D eigenvalue weighted by atomic mass is 32.1. The van der Waals surface area contributed by atoms with E-state index in [1.807, 2.05) is 53.9 Å². The molecule has 0 spiro atoms. The molecule has 0 aliphatic rings. The molecule has 110 valence electrons. The van der Waals surface area contributed by atoms with Crippen molar-refractivity contribution < 1.29 is 9.53 Å². The van der Waals surface area contributed by atoms with Gasteiger partial charge in [0.2, 0.25) is 6.41 Å². The Labute approximate surface area is 132 Å². The minimum absolute atomic E-state index is 0.670. The number of methoxy groups -OCH3 is 1. The molecule has 0 unspecified atom stereocenters. The van der Waals surface area contributed by atoms with Gasteiger partial charge in [-0.3, -0.25) is 4.79 Å². The number of ether oxygens (including phenoxy) is 1. The minimum Gasteiger partial charge on any atom is -0.497 e. The maximum absolute atomic E-state index is 10.5. The lowest BCUT2D eigenvalue weighted by Crippen LogP contribution is -1.93. The fourth-order valence-corrected chi connectivity index (χ4v) is 2.94. The number of carbonyl (C=O) groups is 1. The average Bonchev–Trinajstić information content (AvgIpc) is 3.06. The third-order valence-electron chi connectivity index (χ3n) is 3.23. The van der Waals surface area contributed by atoms with Crippen molar-refractivity contribution >= 4 is 23.4 Å². The number of benzene rings is 2. The van der Waals surface area contributed by atoms with E-state index in [2.05, 4.69) is 10.3 Å². The second-order valence-electron chi connectivity index (χ2n) is 4.61. The van der Waals surface area contributed by atoms with E-state index in [0.29, 0.717) is 6.41 Å². The predicted octanol–water partition coefficient (Wildman–Crippen LogP) is 4.05. The second-order valence-corrected chi connectivity index (χ2v) is 5.47. The Morgan fingerprint density at radius 3 is 2.68 bits per heavy atom. The summed E-state index contributed by atoms with van der Waals surface area (Å²) in [7, 11) is 1.65. The van der Waals surface area contributed by atoms with Crippen molar-refractivity contribution in [1.82, 2.24) is 4.98 Å². The summed E-state index contributed by atoms with van der Waals surface area (Å²) in [6.07, 6.45) is 0.670. The highest BCUT2D eigenvalue weighted by molar-refractivity contribution is 7.13. The summed E-state index contributed by atoms with van der Waals surface area (Å²) in [6.45, 7) is 0. The quantitative estimate of drug-likeness (QED) is 0.723. The molecule has 0 radical (unpaired) electrons. The van der Waals surface area contributed by atoms with E-state index in [4.69, 9.17) is 4.74 Å². The van der Waals surface area contributed by atoms with Gasteiger partial charge in [0, 0.05) is 22.2 Å². The van der Waals surface area contributed by atoms with Crippen molar-refractivity contribution in [2.24, 2.45) is 0 Å². The van der Waals surface area contributed by atoms with Crippen LogP contribution in [0.4, 0.5) is 5.69 Å². The maximum Gasteiger partial charge on any atom is 0.211 e. The summed E-state index contributed by atoms with van der Waals surface area (Å²) < 4.78 is 5.16. The summed E-state index contributed by atoms with van der Waals surface area (Å²) in [5.41, 5.74) is 3.71. The van der Waals surface area contributed by atoms with Gasteiger partial charge in [0.05, 0.1) is 12.8 Å². The molecule has 0 aliphatic carbocycles. The number of hydrogen-bond donors (Lipinski definition) is 1. The summed E-state index contributed by atoms with van der Waals surface area (Å²) in [5, 5.41) is 5.59. The molecule has 0 fully saturated rings. The molecule has 4 nitrogen and oxygen atoms in total. The molecule has 0 aliphatic heterocycles. The van der Waals surface area contributed by atoms with Crippen molar-refractivity contribution in [2.45, 2.75) is 0 Å². The SMILES string of the molecule is COc1ccc(-c2csc(-c3cccc(NC=O)c3)n2)cc1. The van der Waals surface area contributed by atoms with E-state index < -0.39 is 0 Å². The van der Waals surface area contributed by atoms with Crippen molar-refractivity contribution in [3.63, 3.8) is 0 Å². The van der Waals surface area contributed by atoms with Gasteiger partial charge in [-0.1, -0.05) is 12.1 Å². The van der Waals surface area contributed by atoms with Gasteiger partial charge in [-0.25, -0.2) is 4.98 Å². The highest BCUT2D eigenvalue weighted by Gasteiger charge is 2.07. The third-order valence-corrected chi connectivity index (χ3v) is 4.12. The molecule has 22 heavy (non-hydrogen) atoms. The number of amides is 1. The van der Waals surface area contributed by atoms with Crippen molar-refractivity contribution in [2.75, 3.05) is 12.4 Å². The van der Waals surface area contributed by atoms with Crippen LogP contribution in [0.3, 0.4) is 0 Å². The van der Waals surface area contributed by atoms with Gasteiger partial charge in [-0.05, 0) is 36.4 Å². The minimum atomic E-state index is 0.670. The highest BCUT2D eigenvalue weighted by Crippen LogP contribution is 2.30. The van der Waals surface area contributed by atoms with E-state index >= 15 is 0 Å². The van der Waals surface area contributed by atoms with Gasteiger partial charge in [-0.2, -0.15) is 0 Å². The van der Waals surface area contributed by atoms with Gasteiger partial charge in [0.15, 0.2) is 0 Å². The summed E-state index contributed by atoms with van der Waals surface area (Å²) in [6, 6.07) is 15.4. The van der Waals surface area contributed by atoms with Crippen LogP contribution >= 0.6 is 11.3 Å². The van der Waals surface area contributed by atoms with Gasteiger partial charge < -0.3 is 10.1 Å². The molecule has 3 rings (SSSR count). The number of anilines is 1. The summed E-state index contributed by atoms with van der Waals surface area (Å²) in [5.74, 6) is 0.826. The fraction of sp³-hybridized carbons (Fsp3) is 0.0588. The monoisotopic (exact) mass is 310 g/mol. The van der Waals surface area contributed by atoms with Crippen LogP contribution in [-0.2, 0) is 4.79 Å². The Balaban J connectivity index is 1.89. The van der Waals surface area contributed by atoms with E-state index in [1.165, 1.54) is 0 Å². The smallest absolute Gasteiger partial charge is 0.211 e. The zero-order valence-corrected chi connectivity index (χ0v) is 12.8. The second kappa shape index (κ2) is 6.41.